The molecule has 8 nitrogen and oxygen atoms in total. The van der Waals surface area contributed by atoms with Gasteiger partial charge in [0.1, 0.15) is 0 Å². The van der Waals surface area contributed by atoms with E-state index in [1.54, 1.807) is 13.2 Å². The van der Waals surface area contributed by atoms with Crippen LogP contribution in [0.2, 0.25) is 0 Å². The normalized spacial score (nSPS) is 25.9. The highest BCUT2D eigenvalue weighted by Crippen LogP contribution is 2.58. The van der Waals surface area contributed by atoms with Crippen LogP contribution in [0.1, 0.15) is 28.7 Å². The highest BCUT2D eigenvalue weighted by molar-refractivity contribution is 5.78. The molecule has 0 bridgehead atoms. The predicted octanol–water partition coefficient (Wildman–Crippen LogP) is 2.41. The lowest BCUT2D eigenvalue weighted by Gasteiger charge is -2.38. The number of aliphatic hydroxyl groups excluding tert-OH is 1. The second-order valence-electron chi connectivity index (χ2n) is 7.50. The quantitative estimate of drug-likeness (QED) is 0.763. The van der Waals surface area contributed by atoms with Crippen LogP contribution in [0.4, 0.5) is 0 Å². The van der Waals surface area contributed by atoms with E-state index in [4.69, 9.17) is 28.4 Å². The number of hydrogen-bond acceptors (Lipinski definition) is 8. The van der Waals surface area contributed by atoms with Gasteiger partial charge in [0.2, 0.25) is 12.5 Å². The van der Waals surface area contributed by atoms with Crippen molar-refractivity contribution < 1.29 is 38.3 Å². The zero-order valence-corrected chi connectivity index (χ0v) is 16.8. The number of cyclic esters (lactones) is 1. The lowest BCUT2D eigenvalue weighted by molar-refractivity contribution is -0.144. The molecule has 0 radical (unpaired) electrons. The molecule has 5 rings (SSSR count). The molecule has 0 unspecified atom stereocenters. The minimum Gasteiger partial charge on any atom is -0.493 e. The lowest BCUT2D eigenvalue weighted by Crippen LogP contribution is -2.35. The zero-order valence-electron chi connectivity index (χ0n) is 16.8. The molecule has 1 aliphatic carbocycles. The summed E-state index contributed by atoms with van der Waals surface area (Å²) in [6.07, 6.45) is -1.04. The van der Waals surface area contributed by atoms with E-state index in [1.807, 2.05) is 18.2 Å². The van der Waals surface area contributed by atoms with Crippen molar-refractivity contribution in [2.45, 2.75) is 12.0 Å². The Labute approximate surface area is 173 Å². The molecule has 2 aromatic rings. The highest BCUT2D eigenvalue weighted by atomic mass is 16.7. The van der Waals surface area contributed by atoms with Crippen molar-refractivity contribution in [2.24, 2.45) is 11.8 Å². The molecular formula is C22H22O8. The van der Waals surface area contributed by atoms with Gasteiger partial charge >= 0.3 is 5.97 Å². The number of methoxy groups -OCH3 is 3. The van der Waals surface area contributed by atoms with Gasteiger partial charge in [-0.1, -0.05) is 6.07 Å². The predicted molar refractivity (Wildman–Crippen MR) is 103 cm³/mol. The van der Waals surface area contributed by atoms with Gasteiger partial charge in [-0.05, 0) is 29.3 Å². The van der Waals surface area contributed by atoms with E-state index in [-0.39, 0.29) is 25.2 Å². The Bertz CT molecular complexity index is 1020. The van der Waals surface area contributed by atoms with Crippen molar-refractivity contribution in [2.75, 3.05) is 34.7 Å². The number of aliphatic hydroxyl groups is 1. The number of rotatable bonds is 4. The van der Waals surface area contributed by atoms with Crippen molar-refractivity contribution in [3.05, 3.63) is 41.0 Å². The van der Waals surface area contributed by atoms with Crippen LogP contribution in [-0.2, 0) is 9.53 Å². The Morgan fingerprint density at radius 2 is 1.73 bits per heavy atom. The van der Waals surface area contributed by atoms with Crippen LogP contribution in [0, 0.1) is 11.8 Å². The lowest BCUT2D eigenvalue weighted by atomic mass is 9.66. The first-order valence-corrected chi connectivity index (χ1v) is 9.66. The van der Waals surface area contributed by atoms with Gasteiger partial charge in [-0.15, -0.1) is 0 Å². The number of carbonyl (C=O) groups excluding carboxylic acids is 1. The number of esters is 1. The topological polar surface area (TPSA) is 92.7 Å². The fourth-order valence-electron chi connectivity index (χ4n) is 4.91. The fraction of sp³-hybridized carbons (Fsp3) is 0.409. The number of fused-ring (bicyclic) bond motifs is 3. The maximum Gasteiger partial charge on any atom is 0.312 e. The summed E-state index contributed by atoms with van der Waals surface area (Å²) in [5.41, 5.74) is 2.22. The summed E-state index contributed by atoms with van der Waals surface area (Å²) in [5.74, 6) is 0.976. The minimum atomic E-state index is -1.04. The first kappa shape index (κ1) is 18.9. The summed E-state index contributed by atoms with van der Waals surface area (Å²) in [6.45, 7) is 0.372. The summed E-state index contributed by atoms with van der Waals surface area (Å²) in [4.78, 5) is 12.5. The van der Waals surface area contributed by atoms with Crippen LogP contribution in [0.5, 0.6) is 28.7 Å². The van der Waals surface area contributed by atoms with Crippen molar-refractivity contribution in [3.63, 3.8) is 0 Å². The van der Waals surface area contributed by atoms with Gasteiger partial charge in [-0.2, -0.15) is 0 Å². The molecule has 2 heterocycles. The summed E-state index contributed by atoms with van der Waals surface area (Å²) < 4.78 is 33.2. The van der Waals surface area contributed by atoms with Crippen LogP contribution in [0.15, 0.2) is 24.3 Å². The average molecular weight is 414 g/mol. The molecule has 1 fully saturated rings. The molecule has 1 saturated heterocycles. The van der Waals surface area contributed by atoms with Gasteiger partial charge in [0.15, 0.2) is 23.0 Å². The van der Waals surface area contributed by atoms with Gasteiger partial charge in [-0.25, -0.2) is 0 Å². The van der Waals surface area contributed by atoms with Gasteiger partial charge in [0, 0.05) is 17.4 Å². The third kappa shape index (κ3) is 2.53. The Morgan fingerprint density at radius 1 is 0.967 bits per heavy atom. The highest BCUT2D eigenvalue weighted by Gasteiger charge is 2.53. The molecular weight excluding hydrogens is 392 g/mol. The molecule has 0 saturated carbocycles. The first-order valence-electron chi connectivity index (χ1n) is 9.66. The molecule has 0 amide bonds. The third-order valence-corrected chi connectivity index (χ3v) is 6.21. The second-order valence-corrected chi connectivity index (χ2v) is 7.50. The summed E-state index contributed by atoms with van der Waals surface area (Å²) in [5, 5.41) is 11.1. The summed E-state index contributed by atoms with van der Waals surface area (Å²) >= 11 is 0. The number of hydrogen-bond donors (Lipinski definition) is 1. The van der Waals surface area contributed by atoms with Gasteiger partial charge in [0.05, 0.1) is 40.0 Å². The van der Waals surface area contributed by atoms with Crippen molar-refractivity contribution in [1.82, 2.24) is 0 Å². The van der Waals surface area contributed by atoms with Crippen molar-refractivity contribution in [1.29, 1.82) is 0 Å². The first-order chi connectivity index (χ1) is 14.6. The van der Waals surface area contributed by atoms with Gasteiger partial charge in [0.25, 0.3) is 0 Å². The molecule has 4 atom stereocenters. The van der Waals surface area contributed by atoms with Crippen LogP contribution >= 0.6 is 0 Å². The van der Waals surface area contributed by atoms with E-state index in [0.29, 0.717) is 34.3 Å². The van der Waals surface area contributed by atoms with Gasteiger partial charge in [-0.3, -0.25) is 4.79 Å². The van der Waals surface area contributed by atoms with E-state index < -0.39 is 18.0 Å². The monoisotopic (exact) mass is 414 g/mol. The summed E-state index contributed by atoms with van der Waals surface area (Å²) in [6, 6.07) is 7.41. The molecule has 0 aromatic heterocycles. The molecule has 0 spiro atoms. The second kappa shape index (κ2) is 6.98. The minimum absolute atomic E-state index is 0.167. The average Bonchev–Trinajstić information content (AvgIpc) is 3.39. The number of carbonyl (C=O) groups is 1. The van der Waals surface area contributed by atoms with E-state index in [0.717, 1.165) is 11.1 Å². The molecule has 30 heavy (non-hydrogen) atoms. The maximum absolute atomic E-state index is 12.5. The Kier molecular flexibility index (Phi) is 4.39. The van der Waals surface area contributed by atoms with Crippen LogP contribution < -0.4 is 23.7 Å². The SMILES string of the molecule is COc1cc2c(c(OC)c1OC)[C@@H](c1ccc3c(c1)OCO3)[C@H]1COC(=O)[C@@H]1[C@@H]2O. The van der Waals surface area contributed by atoms with Crippen LogP contribution in [0.3, 0.4) is 0 Å². The molecule has 3 aliphatic rings. The molecule has 1 N–H and O–H groups in total. The Balaban J connectivity index is 1.78. The Hall–Kier alpha value is -3.13. The van der Waals surface area contributed by atoms with Crippen molar-refractivity contribution >= 4 is 5.97 Å². The largest absolute Gasteiger partial charge is 0.493 e. The fourth-order valence-corrected chi connectivity index (χ4v) is 4.91. The zero-order chi connectivity index (χ0) is 21.0. The smallest absolute Gasteiger partial charge is 0.312 e. The standard InChI is InChI=1S/C22H22O8/c1-25-15-7-11-17(21(27-3)20(15)26-2)16(12-8-28-22(24)18(12)19(11)23)10-4-5-13-14(6-10)30-9-29-13/h4-7,12,16,18-19,23H,8-9H2,1-3H3/t12-,16+,18+,19-/m1/s1. The molecule has 158 valence electrons. The third-order valence-electron chi connectivity index (χ3n) is 6.21. The van der Waals surface area contributed by atoms with Crippen LogP contribution in [-0.4, -0.2) is 45.8 Å². The molecule has 2 aromatic carbocycles. The molecule has 8 heteroatoms. The van der Waals surface area contributed by atoms with E-state index in [9.17, 15) is 9.90 Å². The van der Waals surface area contributed by atoms with Crippen molar-refractivity contribution in [3.8, 4) is 28.7 Å². The Morgan fingerprint density at radius 3 is 2.47 bits per heavy atom. The van der Waals surface area contributed by atoms with E-state index >= 15 is 0 Å². The van der Waals surface area contributed by atoms with Gasteiger partial charge < -0.3 is 33.5 Å². The maximum atomic E-state index is 12.5. The number of ether oxygens (including phenoxy) is 6. The number of benzene rings is 2. The van der Waals surface area contributed by atoms with E-state index in [2.05, 4.69) is 0 Å². The van der Waals surface area contributed by atoms with E-state index in [1.165, 1.54) is 14.2 Å². The summed E-state index contributed by atoms with van der Waals surface area (Å²) in [7, 11) is 4.59. The van der Waals surface area contributed by atoms with Crippen LogP contribution in [0.25, 0.3) is 0 Å². The molecule has 2 aliphatic heterocycles.